The van der Waals surface area contributed by atoms with Crippen LogP contribution in [0.25, 0.3) is 0 Å². The number of nitrogens with zero attached hydrogens (tertiary/aromatic N) is 1. The van der Waals surface area contributed by atoms with Gasteiger partial charge in [0.25, 0.3) is 0 Å². The smallest absolute Gasteiger partial charge is 0.237 e. The predicted molar refractivity (Wildman–Crippen MR) is 72.2 cm³/mol. The topological polar surface area (TPSA) is 66.5 Å². The summed E-state index contributed by atoms with van der Waals surface area (Å²) in [5, 5.41) is 3.17. The molecule has 0 unspecified atom stereocenters. The highest BCUT2D eigenvalue weighted by Gasteiger charge is 2.23. The second-order valence-corrected chi connectivity index (χ2v) is 7.33. The molecule has 0 bridgehead atoms. The highest BCUT2D eigenvalue weighted by Crippen LogP contribution is 2.08. The van der Waals surface area contributed by atoms with Crippen LogP contribution in [-0.2, 0) is 14.6 Å². The minimum absolute atomic E-state index is 0.0896. The van der Waals surface area contributed by atoms with Gasteiger partial charge in [0.1, 0.15) is 5.75 Å². The summed E-state index contributed by atoms with van der Waals surface area (Å²) in [6.07, 6.45) is 2.54. The molecule has 18 heavy (non-hydrogen) atoms. The van der Waals surface area contributed by atoms with Gasteiger partial charge in [-0.05, 0) is 25.8 Å². The first kappa shape index (κ1) is 15.4. The molecule has 1 fully saturated rings. The summed E-state index contributed by atoms with van der Waals surface area (Å²) in [5.74, 6) is -0.467. The van der Waals surface area contributed by atoms with Gasteiger partial charge in [-0.2, -0.15) is 0 Å². The molecule has 0 radical (unpaired) electrons. The molecule has 0 aromatic heterocycles. The van der Waals surface area contributed by atoms with Crippen molar-refractivity contribution < 1.29 is 13.2 Å². The molecular formula is C12H24N2O3S. The quantitative estimate of drug-likeness (QED) is 0.684. The molecule has 1 saturated heterocycles. The molecule has 6 heteroatoms. The Kier molecular flexibility index (Phi) is 6.08. The first-order chi connectivity index (χ1) is 8.41. The molecule has 106 valence electrons. The van der Waals surface area contributed by atoms with Gasteiger partial charge in [-0.15, -0.1) is 0 Å². The molecule has 5 nitrogen and oxygen atoms in total. The third-order valence-electron chi connectivity index (χ3n) is 2.99. The minimum atomic E-state index is -3.25. The Hall–Kier alpha value is -0.620. The van der Waals surface area contributed by atoms with E-state index in [4.69, 9.17) is 0 Å². The number of nitrogens with one attached hydrogen (secondary N) is 1. The molecule has 1 heterocycles. The summed E-state index contributed by atoms with van der Waals surface area (Å²) in [4.78, 5) is 13.4. The molecular weight excluding hydrogens is 252 g/mol. The Morgan fingerprint density at radius 3 is 2.44 bits per heavy atom. The van der Waals surface area contributed by atoms with Gasteiger partial charge >= 0.3 is 0 Å². The van der Waals surface area contributed by atoms with Crippen LogP contribution in [0.15, 0.2) is 0 Å². The van der Waals surface area contributed by atoms with E-state index in [9.17, 15) is 13.2 Å². The number of likely N-dealkylation sites (tertiary alicyclic amines) is 1. The summed E-state index contributed by atoms with van der Waals surface area (Å²) in [7, 11) is -3.25. The van der Waals surface area contributed by atoms with E-state index >= 15 is 0 Å². The second-order valence-electron chi connectivity index (χ2n) is 5.14. The largest absolute Gasteiger partial charge is 0.342 e. The first-order valence-corrected chi connectivity index (χ1v) is 8.44. The number of hydrogen-bond acceptors (Lipinski definition) is 4. The fraction of sp³-hybridized carbons (Fsp3) is 0.917. The molecule has 1 N–H and O–H groups in total. The average molecular weight is 276 g/mol. The Labute approximate surface area is 110 Å². The Balaban J connectivity index is 2.28. The van der Waals surface area contributed by atoms with Gasteiger partial charge in [0.15, 0.2) is 9.84 Å². The number of carbonyl (C=O) groups is 1. The number of amides is 1. The van der Waals surface area contributed by atoms with E-state index in [0.29, 0.717) is 32.1 Å². The van der Waals surface area contributed by atoms with Crippen LogP contribution in [0.2, 0.25) is 0 Å². The van der Waals surface area contributed by atoms with Crippen molar-refractivity contribution in [2.45, 2.75) is 39.2 Å². The zero-order valence-electron chi connectivity index (χ0n) is 11.3. The third-order valence-corrected chi connectivity index (χ3v) is 4.58. The monoisotopic (exact) mass is 276 g/mol. The van der Waals surface area contributed by atoms with Gasteiger partial charge in [-0.25, -0.2) is 8.42 Å². The second kappa shape index (κ2) is 7.09. The highest BCUT2D eigenvalue weighted by atomic mass is 32.2. The van der Waals surface area contributed by atoms with E-state index in [0.717, 1.165) is 12.8 Å². The van der Waals surface area contributed by atoms with Crippen molar-refractivity contribution >= 4 is 15.7 Å². The van der Waals surface area contributed by atoms with Gasteiger partial charge in [0.05, 0.1) is 5.75 Å². The lowest BCUT2D eigenvalue weighted by Gasteiger charge is -2.15. The first-order valence-electron chi connectivity index (χ1n) is 6.62. The normalized spacial score (nSPS) is 16.5. The summed E-state index contributed by atoms with van der Waals surface area (Å²) in [5.41, 5.74) is 0. The Morgan fingerprint density at radius 2 is 1.89 bits per heavy atom. The SMILES string of the molecule is CC(C)NCCCS(=O)(=O)CC(=O)N1CCCC1. The molecule has 0 atom stereocenters. The maximum absolute atomic E-state index is 11.8. The molecule has 1 amide bonds. The van der Waals surface area contributed by atoms with Crippen molar-refractivity contribution in [3.8, 4) is 0 Å². The van der Waals surface area contributed by atoms with Crippen LogP contribution in [-0.4, -0.2) is 56.4 Å². The molecule has 0 spiro atoms. The minimum Gasteiger partial charge on any atom is -0.342 e. The van der Waals surface area contributed by atoms with Crippen LogP contribution in [0.5, 0.6) is 0 Å². The molecule has 1 rings (SSSR count). The molecule has 0 aromatic carbocycles. The van der Waals surface area contributed by atoms with E-state index in [1.807, 2.05) is 13.8 Å². The molecule has 1 aliphatic heterocycles. The van der Waals surface area contributed by atoms with Crippen molar-refractivity contribution in [2.24, 2.45) is 0 Å². The fourth-order valence-corrected chi connectivity index (χ4v) is 3.29. The summed E-state index contributed by atoms with van der Waals surface area (Å²) >= 11 is 0. The Bertz CT molecular complexity index is 360. The molecule has 0 aromatic rings. The lowest BCUT2D eigenvalue weighted by molar-refractivity contribution is -0.127. The van der Waals surface area contributed by atoms with E-state index in [2.05, 4.69) is 5.32 Å². The van der Waals surface area contributed by atoms with Crippen LogP contribution >= 0.6 is 0 Å². The molecule has 1 aliphatic rings. The summed E-state index contributed by atoms with van der Waals surface area (Å²) in [6.45, 7) is 6.14. The number of hydrogen-bond donors (Lipinski definition) is 1. The van der Waals surface area contributed by atoms with Crippen molar-refractivity contribution in [1.82, 2.24) is 10.2 Å². The summed E-state index contributed by atoms with van der Waals surface area (Å²) in [6, 6.07) is 0.360. The van der Waals surface area contributed by atoms with Gasteiger partial charge in [-0.1, -0.05) is 13.8 Å². The van der Waals surface area contributed by atoms with Gasteiger partial charge < -0.3 is 10.2 Å². The van der Waals surface area contributed by atoms with Crippen LogP contribution < -0.4 is 5.32 Å². The number of sulfone groups is 1. The van der Waals surface area contributed by atoms with E-state index < -0.39 is 9.84 Å². The third kappa shape index (κ3) is 5.82. The van der Waals surface area contributed by atoms with Crippen LogP contribution in [0.1, 0.15) is 33.1 Å². The summed E-state index contributed by atoms with van der Waals surface area (Å²) < 4.78 is 23.5. The van der Waals surface area contributed by atoms with Crippen LogP contribution in [0.4, 0.5) is 0 Å². The predicted octanol–water partition coefficient (Wildman–Crippen LogP) is 0.412. The van der Waals surface area contributed by atoms with Crippen molar-refractivity contribution in [2.75, 3.05) is 31.1 Å². The van der Waals surface area contributed by atoms with E-state index in [1.165, 1.54) is 0 Å². The lowest BCUT2D eigenvalue weighted by Crippen LogP contribution is -2.34. The Morgan fingerprint density at radius 1 is 1.28 bits per heavy atom. The highest BCUT2D eigenvalue weighted by molar-refractivity contribution is 7.92. The van der Waals surface area contributed by atoms with Crippen molar-refractivity contribution in [3.63, 3.8) is 0 Å². The zero-order valence-corrected chi connectivity index (χ0v) is 12.1. The number of carbonyl (C=O) groups excluding carboxylic acids is 1. The maximum Gasteiger partial charge on any atom is 0.237 e. The zero-order chi connectivity index (χ0) is 13.6. The standard InChI is InChI=1S/C12H24N2O3S/c1-11(2)13-6-5-9-18(16,17)10-12(15)14-7-3-4-8-14/h11,13H,3-10H2,1-2H3. The van der Waals surface area contributed by atoms with Gasteiger partial charge in [0, 0.05) is 19.1 Å². The average Bonchev–Trinajstić information content (AvgIpc) is 2.77. The molecule has 0 aliphatic carbocycles. The lowest BCUT2D eigenvalue weighted by atomic mass is 10.4. The van der Waals surface area contributed by atoms with E-state index in [1.54, 1.807) is 4.90 Å². The van der Waals surface area contributed by atoms with Crippen LogP contribution in [0, 0.1) is 0 Å². The van der Waals surface area contributed by atoms with Crippen molar-refractivity contribution in [3.05, 3.63) is 0 Å². The van der Waals surface area contributed by atoms with E-state index in [-0.39, 0.29) is 17.4 Å². The fourth-order valence-electron chi connectivity index (χ4n) is 2.00. The van der Waals surface area contributed by atoms with Gasteiger partial charge in [0.2, 0.25) is 5.91 Å². The van der Waals surface area contributed by atoms with Crippen LogP contribution in [0.3, 0.4) is 0 Å². The molecule has 0 saturated carbocycles. The number of rotatable bonds is 7. The van der Waals surface area contributed by atoms with Gasteiger partial charge in [-0.3, -0.25) is 4.79 Å². The maximum atomic E-state index is 11.8. The van der Waals surface area contributed by atoms with Crippen molar-refractivity contribution in [1.29, 1.82) is 0 Å².